The van der Waals surface area contributed by atoms with Gasteiger partial charge in [0.1, 0.15) is 30.5 Å². The molecule has 10 heteroatoms. The summed E-state index contributed by atoms with van der Waals surface area (Å²) in [5, 5.41) is 65.0. The molecule has 0 aromatic heterocycles. The highest BCUT2D eigenvalue weighted by molar-refractivity contribution is 5.80. The van der Waals surface area contributed by atoms with Gasteiger partial charge in [0.2, 0.25) is 5.91 Å². The maximum absolute atomic E-state index is 13.1. The molecule has 1 rings (SSSR count). The minimum absolute atomic E-state index is 0.303. The maximum atomic E-state index is 13.1. The molecule has 10 nitrogen and oxygen atoms in total. The van der Waals surface area contributed by atoms with Crippen molar-refractivity contribution in [2.24, 2.45) is 0 Å². The predicted molar refractivity (Wildman–Crippen MR) is 287 cm³/mol. The largest absolute Gasteiger partial charge is 0.394 e. The minimum Gasteiger partial charge on any atom is -0.394 e. The zero-order chi connectivity index (χ0) is 50.3. The van der Waals surface area contributed by atoms with Gasteiger partial charge in [0.05, 0.1) is 25.4 Å². The van der Waals surface area contributed by atoms with Gasteiger partial charge in [-0.25, -0.2) is 0 Å². The summed E-state index contributed by atoms with van der Waals surface area (Å²) in [7, 11) is 0. The van der Waals surface area contributed by atoms with Crippen LogP contribution in [0.1, 0.15) is 284 Å². The maximum Gasteiger partial charge on any atom is 0.249 e. The Kier molecular flexibility index (Phi) is 46.5. The molecule has 1 aliphatic rings. The molecule has 0 saturated carbocycles. The van der Waals surface area contributed by atoms with Crippen molar-refractivity contribution in [1.29, 1.82) is 0 Å². The van der Waals surface area contributed by atoms with Crippen LogP contribution in [0.2, 0.25) is 0 Å². The van der Waals surface area contributed by atoms with Crippen LogP contribution < -0.4 is 5.32 Å². The number of unbranched alkanes of at least 4 members (excludes halogenated alkanes) is 38. The molecule has 1 heterocycles. The van der Waals surface area contributed by atoms with Crippen LogP contribution in [-0.4, -0.2) is 98.7 Å². The normalized spacial score (nSPS) is 20.0. The number of allylic oxidation sites excluding steroid dienone is 3. The molecular formula is C59H113NO9. The van der Waals surface area contributed by atoms with Gasteiger partial charge in [0, 0.05) is 0 Å². The van der Waals surface area contributed by atoms with Crippen LogP contribution in [0.5, 0.6) is 0 Å². The number of ether oxygens (including phenoxy) is 2. The highest BCUT2D eigenvalue weighted by Crippen LogP contribution is 2.23. The van der Waals surface area contributed by atoms with Gasteiger partial charge < -0.3 is 45.4 Å². The molecule has 8 unspecified atom stereocenters. The quantitative estimate of drug-likeness (QED) is 0.0232. The van der Waals surface area contributed by atoms with E-state index in [2.05, 4.69) is 31.3 Å². The molecule has 1 fully saturated rings. The monoisotopic (exact) mass is 980 g/mol. The number of aliphatic hydroxyl groups is 6. The van der Waals surface area contributed by atoms with Crippen molar-refractivity contribution in [1.82, 2.24) is 5.32 Å². The summed E-state index contributed by atoms with van der Waals surface area (Å²) in [6.07, 6.45) is 51.5. The van der Waals surface area contributed by atoms with Gasteiger partial charge in [-0.3, -0.25) is 4.79 Å². The number of hydrogen-bond donors (Lipinski definition) is 7. The van der Waals surface area contributed by atoms with Crippen molar-refractivity contribution in [2.75, 3.05) is 13.2 Å². The van der Waals surface area contributed by atoms with E-state index < -0.39 is 61.5 Å². The Morgan fingerprint density at radius 3 is 1.22 bits per heavy atom. The molecule has 7 N–H and O–H groups in total. The third-order valence-corrected chi connectivity index (χ3v) is 14.4. The fourth-order valence-electron chi connectivity index (χ4n) is 9.57. The second kappa shape index (κ2) is 48.9. The van der Waals surface area contributed by atoms with E-state index in [0.717, 1.165) is 44.9 Å². The molecule has 1 amide bonds. The number of nitrogens with one attached hydrogen (secondary N) is 1. The summed E-state index contributed by atoms with van der Waals surface area (Å²) in [4.78, 5) is 13.1. The number of aliphatic hydroxyl groups excluding tert-OH is 6. The second-order valence-electron chi connectivity index (χ2n) is 20.9. The van der Waals surface area contributed by atoms with E-state index in [9.17, 15) is 35.4 Å². The molecule has 0 radical (unpaired) electrons. The van der Waals surface area contributed by atoms with Crippen LogP contribution in [0.15, 0.2) is 24.3 Å². The van der Waals surface area contributed by atoms with E-state index in [1.54, 1.807) is 6.08 Å². The van der Waals surface area contributed by atoms with E-state index in [0.29, 0.717) is 6.42 Å². The summed E-state index contributed by atoms with van der Waals surface area (Å²) < 4.78 is 11.2. The SMILES string of the molecule is CCCCCCCCCCCCCC/C=C\CCCCCCCCCCCCCCCCC(O)C(=O)NC(COC1OC(CO)C(O)C(O)C1O)C(O)/C=C/CCCCCCCCCCCCCC. The summed E-state index contributed by atoms with van der Waals surface area (Å²) in [6.45, 7) is 3.64. The van der Waals surface area contributed by atoms with Crippen LogP contribution in [0.3, 0.4) is 0 Å². The average molecular weight is 981 g/mol. The number of amides is 1. The Morgan fingerprint density at radius 1 is 0.493 bits per heavy atom. The van der Waals surface area contributed by atoms with Crippen molar-refractivity contribution >= 4 is 5.91 Å². The van der Waals surface area contributed by atoms with Crippen molar-refractivity contribution in [3.63, 3.8) is 0 Å². The first-order valence-electron chi connectivity index (χ1n) is 29.7. The standard InChI is InChI=1S/C59H113NO9/c1-3-5-7-9-11-13-15-17-19-20-21-22-23-24-25-26-27-28-29-30-31-32-33-34-36-38-40-42-44-46-48-53(63)58(67)60-51(50-68-59-57(66)56(65)55(64)54(49-61)69-59)52(62)47-45-43-41-39-37-35-18-16-14-12-10-8-6-4-2/h24-25,45,47,51-57,59,61-66H,3-23,26-44,46,48-50H2,1-2H3,(H,60,67)/b25-24-,47-45+. The molecule has 1 saturated heterocycles. The Hall–Kier alpha value is -1.37. The molecule has 0 spiro atoms. The van der Waals surface area contributed by atoms with E-state index in [4.69, 9.17) is 9.47 Å². The third kappa shape index (κ3) is 38.0. The van der Waals surface area contributed by atoms with Gasteiger partial charge in [-0.15, -0.1) is 0 Å². The van der Waals surface area contributed by atoms with Crippen molar-refractivity contribution in [3.8, 4) is 0 Å². The van der Waals surface area contributed by atoms with Crippen molar-refractivity contribution < 1.29 is 44.9 Å². The smallest absolute Gasteiger partial charge is 0.249 e. The van der Waals surface area contributed by atoms with Gasteiger partial charge in [-0.05, 0) is 44.9 Å². The fraction of sp³-hybridized carbons (Fsp3) is 0.915. The van der Waals surface area contributed by atoms with Crippen molar-refractivity contribution in [2.45, 2.75) is 332 Å². The molecule has 0 aliphatic carbocycles. The zero-order valence-corrected chi connectivity index (χ0v) is 44.9. The third-order valence-electron chi connectivity index (χ3n) is 14.4. The molecule has 0 aromatic carbocycles. The predicted octanol–water partition coefficient (Wildman–Crippen LogP) is 13.5. The summed E-state index contributed by atoms with van der Waals surface area (Å²) in [5.41, 5.74) is 0. The zero-order valence-electron chi connectivity index (χ0n) is 44.9. The highest BCUT2D eigenvalue weighted by atomic mass is 16.7. The van der Waals surface area contributed by atoms with Gasteiger partial charge >= 0.3 is 0 Å². The highest BCUT2D eigenvalue weighted by Gasteiger charge is 2.44. The van der Waals surface area contributed by atoms with Crippen LogP contribution in [-0.2, 0) is 14.3 Å². The van der Waals surface area contributed by atoms with Crippen LogP contribution in [0.4, 0.5) is 0 Å². The topological polar surface area (TPSA) is 169 Å². The molecular weight excluding hydrogens is 867 g/mol. The average Bonchev–Trinajstić information content (AvgIpc) is 3.35. The van der Waals surface area contributed by atoms with Gasteiger partial charge in [-0.2, -0.15) is 0 Å². The van der Waals surface area contributed by atoms with Crippen molar-refractivity contribution in [3.05, 3.63) is 24.3 Å². The Labute approximate surface area is 424 Å². The lowest BCUT2D eigenvalue weighted by molar-refractivity contribution is -0.302. The Morgan fingerprint density at radius 2 is 0.841 bits per heavy atom. The minimum atomic E-state index is -1.61. The molecule has 69 heavy (non-hydrogen) atoms. The van der Waals surface area contributed by atoms with Gasteiger partial charge in [-0.1, -0.05) is 263 Å². The second-order valence-corrected chi connectivity index (χ2v) is 20.9. The van der Waals surface area contributed by atoms with Gasteiger partial charge in [0.15, 0.2) is 6.29 Å². The Bertz CT molecular complexity index is 1150. The number of carbonyl (C=O) groups is 1. The van der Waals surface area contributed by atoms with E-state index >= 15 is 0 Å². The number of carbonyl (C=O) groups excluding carboxylic acids is 1. The van der Waals surface area contributed by atoms with Crippen LogP contribution in [0, 0.1) is 0 Å². The van der Waals surface area contributed by atoms with Gasteiger partial charge in [0.25, 0.3) is 0 Å². The van der Waals surface area contributed by atoms with Crippen LogP contribution >= 0.6 is 0 Å². The number of hydrogen-bond acceptors (Lipinski definition) is 9. The number of rotatable bonds is 51. The summed E-state index contributed by atoms with van der Waals surface area (Å²) in [5.74, 6) is -0.613. The molecule has 1 aliphatic heterocycles. The van der Waals surface area contributed by atoms with E-state index in [-0.39, 0.29) is 6.61 Å². The molecule has 8 atom stereocenters. The molecule has 408 valence electrons. The summed E-state index contributed by atoms with van der Waals surface area (Å²) in [6, 6.07) is -0.978. The first-order chi connectivity index (χ1) is 33.8. The molecule has 0 aromatic rings. The van der Waals surface area contributed by atoms with Crippen LogP contribution in [0.25, 0.3) is 0 Å². The lowest BCUT2D eigenvalue weighted by Crippen LogP contribution is -2.60. The lowest BCUT2D eigenvalue weighted by atomic mass is 9.99. The lowest BCUT2D eigenvalue weighted by Gasteiger charge is -2.40. The first kappa shape index (κ1) is 65.6. The fourth-order valence-corrected chi connectivity index (χ4v) is 9.57. The van der Waals surface area contributed by atoms with E-state index in [1.807, 2.05) is 6.08 Å². The first-order valence-corrected chi connectivity index (χ1v) is 29.7. The Balaban J connectivity index is 2.18. The summed E-state index contributed by atoms with van der Waals surface area (Å²) >= 11 is 0. The van der Waals surface area contributed by atoms with E-state index in [1.165, 1.54) is 218 Å². The molecule has 0 bridgehead atoms.